The molecular formula is C12H22N2O3. The van der Waals surface area contributed by atoms with E-state index in [2.05, 4.69) is 11.9 Å². The van der Waals surface area contributed by atoms with E-state index >= 15 is 0 Å². The number of carboxylic acid groups (broad SMARTS) is 1. The van der Waals surface area contributed by atoms with E-state index in [0.717, 1.165) is 0 Å². The topological polar surface area (TPSA) is 69.6 Å². The lowest BCUT2D eigenvalue weighted by molar-refractivity contribution is -0.149. The summed E-state index contributed by atoms with van der Waals surface area (Å²) in [4.78, 5) is 24.3. The number of carbonyl (C=O) groups excluding carboxylic acids is 1. The quantitative estimate of drug-likeness (QED) is 0.668. The van der Waals surface area contributed by atoms with Crippen LogP contribution in [0.5, 0.6) is 0 Å². The molecule has 98 valence electrons. The molecule has 0 bridgehead atoms. The van der Waals surface area contributed by atoms with Crippen LogP contribution in [0.4, 0.5) is 4.79 Å². The van der Waals surface area contributed by atoms with Gasteiger partial charge in [-0.25, -0.2) is 4.79 Å². The summed E-state index contributed by atoms with van der Waals surface area (Å²) in [5, 5.41) is 11.8. The molecule has 5 nitrogen and oxygen atoms in total. The summed E-state index contributed by atoms with van der Waals surface area (Å²) in [5.41, 5.74) is -0.870. The average molecular weight is 242 g/mol. The standard InChI is InChI=1S/C12H22N2O3/c1-5-8-14(4)11(17)13-9-12(6-2,7-3)10(15)16/h5H,1,6-9H2,2-4H3,(H,13,17)(H,15,16). The molecule has 2 N–H and O–H groups in total. The Labute approximate surface area is 102 Å². The SMILES string of the molecule is C=CCN(C)C(=O)NCC(CC)(CC)C(=O)O. The van der Waals surface area contributed by atoms with Gasteiger partial charge in [0.05, 0.1) is 5.41 Å². The zero-order chi connectivity index (χ0) is 13.5. The third-order valence-electron chi connectivity index (χ3n) is 3.13. The number of carboxylic acids is 1. The number of hydrogen-bond donors (Lipinski definition) is 2. The first-order valence-corrected chi connectivity index (χ1v) is 5.76. The van der Waals surface area contributed by atoms with Gasteiger partial charge in [0.25, 0.3) is 0 Å². The minimum Gasteiger partial charge on any atom is -0.481 e. The first-order valence-electron chi connectivity index (χ1n) is 5.76. The van der Waals surface area contributed by atoms with Crippen LogP contribution in [0.3, 0.4) is 0 Å². The van der Waals surface area contributed by atoms with Gasteiger partial charge in [0, 0.05) is 20.1 Å². The van der Waals surface area contributed by atoms with Gasteiger partial charge in [-0.15, -0.1) is 6.58 Å². The Bertz CT molecular complexity index is 285. The van der Waals surface area contributed by atoms with Crippen molar-refractivity contribution in [3.05, 3.63) is 12.7 Å². The first kappa shape index (κ1) is 15.5. The molecular weight excluding hydrogens is 220 g/mol. The van der Waals surface area contributed by atoms with Crippen LogP contribution in [0.2, 0.25) is 0 Å². The van der Waals surface area contributed by atoms with E-state index in [9.17, 15) is 14.7 Å². The van der Waals surface area contributed by atoms with Gasteiger partial charge in [-0.1, -0.05) is 19.9 Å². The summed E-state index contributed by atoms with van der Waals surface area (Å²) in [6.45, 7) is 7.75. The van der Waals surface area contributed by atoms with Crippen molar-refractivity contribution >= 4 is 12.0 Å². The van der Waals surface area contributed by atoms with Crippen molar-refractivity contribution in [3.63, 3.8) is 0 Å². The predicted octanol–water partition coefficient (Wildman–Crippen LogP) is 1.70. The lowest BCUT2D eigenvalue weighted by atomic mass is 9.82. The van der Waals surface area contributed by atoms with Crippen molar-refractivity contribution in [3.8, 4) is 0 Å². The minimum atomic E-state index is -0.870. The molecule has 17 heavy (non-hydrogen) atoms. The Kier molecular flexibility index (Phi) is 6.31. The second-order valence-electron chi connectivity index (χ2n) is 4.12. The number of nitrogens with one attached hydrogen (secondary N) is 1. The summed E-state index contributed by atoms with van der Waals surface area (Å²) in [6, 6.07) is -0.280. The third-order valence-corrected chi connectivity index (χ3v) is 3.13. The maximum Gasteiger partial charge on any atom is 0.317 e. The molecule has 0 aliphatic carbocycles. The molecule has 0 aliphatic rings. The molecule has 0 saturated heterocycles. The highest BCUT2D eigenvalue weighted by Crippen LogP contribution is 2.25. The highest BCUT2D eigenvalue weighted by Gasteiger charge is 2.35. The smallest absolute Gasteiger partial charge is 0.317 e. The molecule has 0 aromatic heterocycles. The highest BCUT2D eigenvalue weighted by molar-refractivity contribution is 5.78. The molecule has 0 rings (SSSR count). The Morgan fingerprint density at radius 1 is 1.41 bits per heavy atom. The molecule has 0 aromatic carbocycles. The molecule has 0 spiro atoms. The molecule has 2 amide bonds. The van der Waals surface area contributed by atoms with E-state index in [4.69, 9.17) is 0 Å². The Balaban J connectivity index is 4.46. The van der Waals surface area contributed by atoms with E-state index in [1.807, 2.05) is 13.8 Å². The van der Waals surface area contributed by atoms with Crippen molar-refractivity contribution in [1.82, 2.24) is 10.2 Å². The fourth-order valence-corrected chi connectivity index (χ4v) is 1.53. The van der Waals surface area contributed by atoms with Crippen LogP contribution in [-0.4, -0.2) is 42.1 Å². The van der Waals surface area contributed by atoms with Crippen LogP contribution in [0, 0.1) is 5.41 Å². The minimum absolute atomic E-state index is 0.148. The first-order chi connectivity index (χ1) is 7.93. The maximum absolute atomic E-state index is 11.6. The van der Waals surface area contributed by atoms with Crippen molar-refractivity contribution in [2.45, 2.75) is 26.7 Å². The van der Waals surface area contributed by atoms with Crippen LogP contribution in [0.25, 0.3) is 0 Å². The fourth-order valence-electron chi connectivity index (χ4n) is 1.53. The van der Waals surface area contributed by atoms with Gasteiger partial charge in [0.1, 0.15) is 0 Å². The number of carbonyl (C=O) groups is 2. The lowest BCUT2D eigenvalue weighted by Crippen LogP contribution is -2.46. The number of aliphatic carboxylic acids is 1. The summed E-state index contributed by atoms with van der Waals surface area (Å²) >= 11 is 0. The normalized spacial score (nSPS) is 10.8. The second kappa shape index (κ2) is 6.93. The van der Waals surface area contributed by atoms with Crippen molar-refractivity contribution in [2.24, 2.45) is 5.41 Å². The lowest BCUT2D eigenvalue weighted by Gasteiger charge is -2.28. The summed E-state index contributed by atoms with van der Waals surface area (Å²) in [7, 11) is 1.64. The van der Waals surface area contributed by atoms with Crippen LogP contribution in [-0.2, 0) is 4.79 Å². The largest absolute Gasteiger partial charge is 0.481 e. The van der Waals surface area contributed by atoms with Crippen molar-refractivity contribution < 1.29 is 14.7 Å². The average Bonchev–Trinajstić information content (AvgIpc) is 2.30. The van der Waals surface area contributed by atoms with Gasteiger partial charge in [0.2, 0.25) is 0 Å². The van der Waals surface area contributed by atoms with Crippen LogP contribution >= 0.6 is 0 Å². The van der Waals surface area contributed by atoms with E-state index in [1.54, 1.807) is 13.1 Å². The zero-order valence-electron chi connectivity index (χ0n) is 10.8. The van der Waals surface area contributed by atoms with E-state index < -0.39 is 11.4 Å². The number of hydrogen-bond acceptors (Lipinski definition) is 2. The van der Waals surface area contributed by atoms with Gasteiger partial charge in [-0.2, -0.15) is 0 Å². The molecule has 0 radical (unpaired) electrons. The van der Waals surface area contributed by atoms with Gasteiger partial charge in [-0.05, 0) is 12.8 Å². The van der Waals surface area contributed by atoms with Gasteiger partial charge < -0.3 is 15.3 Å². The molecule has 0 aliphatic heterocycles. The Morgan fingerprint density at radius 2 is 1.94 bits per heavy atom. The molecule has 0 unspecified atom stereocenters. The number of likely N-dealkylation sites (N-methyl/N-ethyl adjacent to an activating group) is 1. The van der Waals surface area contributed by atoms with Crippen LogP contribution in [0.1, 0.15) is 26.7 Å². The van der Waals surface area contributed by atoms with E-state index in [1.165, 1.54) is 4.90 Å². The van der Waals surface area contributed by atoms with Crippen LogP contribution in [0.15, 0.2) is 12.7 Å². The maximum atomic E-state index is 11.6. The Morgan fingerprint density at radius 3 is 2.29 bits per heavy atom. The van der Waals surface area contributed by atoms with Gasteiger partial charge >= 0.3 is 12.0 Å². The summed E-state index contributed by atoms with van der Waals surface area (Å²) < 4.78 is 0. The highest BCUT2D eigenvalue weighted by atomic mass is 16.4. The number of nitrogens with zero attached hydrogens (tertiary/aromatic N) is 1. The predicted molar refractivity (Wildman–Crippen MR) is 66.9 cm³/mol. The van der Waals surface area contributed by atoms with E-state index in [-0.39, 0.29) is 12.6 Å². The van der Waals surface area contributed by atoms with Crippen molar-refractivity contribution in [1.29, 1.82) is 0 Å². The monoisotopic (exact) mass is 242 g/mol. The third kappa shape index (κ3) is 4.09. The van der Waals surface area contributed by atoms with E-state index in [0.29, 0.717) is 19.4 Å². The second-order valence-corrected chi connectivity index (χ2v) is 4.12. The Hall–Kier alpha value is -1.52. The van der Waals surface area contributed by atoms with Gasteiger partial charge in [0.15, 0.2) is 0 Å². The number of urea groups is 1. The fraction of sp³-hybridized carbons (Fsp3) is 0.667. The van der Waals surface area contributed by atoms with Crippen molar-refractivity contribution in [2.75, 3.05) is 20.1 Å². The molecule has 0 atom stereocenters. The zero-order valence-corrected chi connectivity index (χ0v) is 10.8. The molecule has 0 heterocycles. The number of rotatable bonds is 7. The van der Waals surface area contributed by atoms with Gasteiger partial charge in [-0.3, -0.25) is 4.79 Å². The molecule has 0 saturated carbocycles. The molecule has 5 heteroatoms. The molecule has 0 fully saturated rings. The number of amides is 2. The molecule has 0 aromatic rings. The summed E-state index contributed by atoms with van der Waals surface area (Å²) in [6.07, 6.45) is 2.60. The van der Waals surface area contributed by atoms with Crippen LogP contribution < -0.4 is 5.32 Å². The summed E-state index contributed by atoms with van der Waals surface area (Å²) in [5.74, 6) is -0.867.